The van der Waals surface area contributed by atoms with Gasteiger partial charge in [0.25, 0.3) is 0 Å². The molecule has 34 heavy (non-hydrogen) atoms. The Kier molecular flexibility index (Phi) is 9.62. The molecule has 0 aliphatic carbocycles. The third-order valence-electron chi connectivity index (χ3n) is 5.01. The van der Waals surface area contributed by atoms with Crippen molar-refractivity contribution in [2.45, 2.75) is 32.2 Å². The maximum absolute atomic E-state index is 13.6. The smallest absolute Gasteiger partial charge is 0.401 e. The summed E-state index contributed by atoms with van der Waals surface area (Å²) in [7, 11) is -3.50. The number of hydrogen-bond donors (Lipinski definition) is 2. The predicted octanol–water partition coefficient (Wildman–Crippen LogP) is 4.70. The van der Waals surface area contributed by atoms with Crippen LogP contribution < -0.4 is 10.6 Å². The fraction of sp³-hybridized carbons (Fsp3) is 0.240. The molecular weight excluding hydrogens is 468 g/mol. The largest absolute Gasteiger partial charge is 0.414 e. The average molecular weight is 494 g/mol. The summed E-state index contributed by atoms with van der Waals surface area (Å²) in [6.45, 7) is 2.35. The Morgan fingerprint density at radius 2 is 1.18 bits per heavy atom. The van der Waals surface area contributed by atoms with E-state index < -0.39 is 37.6 Å². The number of benzene rings is 3. The van der Waals surface area contributed by atoms with Gasteiger partial charge in [-0.2, -0.15) is 13.2 Å². The normalized spacial score (nSPS) is 14.2. The summed E-state index contributed by atoms with van der Waals surface area (Å²) in [6.07, 6.45) is -8.25. The molecular formula is C25H26F3O5P. The van der Waals surface area contributed by atoms with Crippen LogP contribution in [0.2, 0.25) is 0 Å². The van der Waals surface area contributed by atoms with Gasteiger partial charge in [-0.15, -0.1) is 0 Å². The zero-order valence-electron chi connectivity index (χ0n) is 18.6. The fourth-order valence-electron chi connectivity index (χ4n) is 2.81. The SMILES string of the molecule is CC(O)C(C)C(O)C(F)(F)F.O=C(OP(=O)(c1ccccc1)c1ccccc1)c1ccccc1. The third kappa shape index (κ3) is 7.29. The van der Waals surface area contributed by atoms with Crippen molar-refractivity contribution < 1.29 is 37.3 Å². The van der Waals surface area contributed by atoms with Gasteiger partial charge in [-0.25, -0.2) is 4.79 Å². The van der Waals surface area contributed by atoms with Gasteiger partial charge in [0, 0.05) is 5.92 Å². The number of halogens is 3. The number of aliphatic hydroxyl groups excluding tert-OH is 2. The Bertz CT molecular complexity index is 1030. The van der Waals surface area contributed by atoms with E-state index in [1.54, 1.807) is 72.8 Å². The Labute approximate surface area is 196 Å². The van der Waals surface area contributed by atoms with E-state index in [4.69, 9.17) is 14.7 Å². The summed E-state index contributed by atoms with van der Waals surface area (Å²) in [4.78, 5) is 12.4. The molecule has 0 aromatic heterocycles. The van der Waals surface area contributed by atoms with E-state index >= 15 is 0 Å². The number of carbonyl (C=O) groups excluding carboxylic acids is 1. The Hall–Kier alpha value is -2.93. The highest BCUT2D eigenvalue weighted by atomic mass is 31.2. The summed E-state index contributed by atoms with van der Waals surface area (Å²) in [5.41, 5.74) is 0.375. The highest BCUT2D eigenvalue weighted by Crippen LogP contribution is 2.45. The minimum atomic E-state index is -4.64. The lowest BCUT2D eigenvalue weighted by Crippen LogP contribution is -2.39. The highest BCUT2D eigenvalue weighted by Gasteiger charge is 2.43. The quantitative estimate of drug-likeness (QED) is 0.486. The number of hydrogen-bond acceptors (Lipinski definition) is 5. The highest BCUT2D eigenvalue weighted by molar-refractivity contribution is 7.74. The van der Waals surface area contributed by atoms with Gasteiger partial charge < -0.3 is 14.7 Å². The van der Waals surface area contributed by atoms with Crippen LogP contribution in [-0.2, 0) is 9.09 Å². The predicted molar refractivity (Wildman–Crippen MR) is 125 cm³/mol. The Balaban J connectivity index is 0.000000316. The van der Waals surface area contributed by atoms with Crippen molar-refractivity contribution in [3.05, 3.63) is 96.6 Å². The molecule has 0 spiro atoms. The van der Waals surface area contributed by atoms with E-state index in [0.717, 1.165) is 6.92 Å². The van der Waals surface area contributed by atoms with Gasteiger partial charge in [0.05, 0.1) is 22.3 Å². The lowest BCUT2D eigenvalue weighted by atomic mass is 9.99. The van der Waals surface area contributed by atoms with Crippen molar-refractivity contribution >= 4 is 23.9 Å². The Morgan fingerprint density at radius 3 is 1.50 bits per heavy atom. The second-order valence-corrected chi connectivity index (χ2v) is 9.87. The maximum Gasteiger partial charge on any atom is 0.414 e. The molecule has 182 valence electrons. The lowest BCUT2D eigenvalue weighted by Gasteiger charge is -2.23. The molecule has 3 unspecified atom stereocenters. The molecule has 0 fully saturated rings. The minimum Gasteiger partial charge on any atom is -0.401 e. The topological polar surface area (TPSA) is 83.8 Å². The summed E-state index contributed by atoms with van der Waals surface area (Å²) >= 11 is 0. The number of aliphatic hydroxyl groups is 2. The van der Waals surface area contributed by atoms with Gasteiger partial charge in [0.15, 0.2) is 6.10 Å². The van der Waals surface area contributed by atoms with Crippen LogP contribution in [0.1, 0.15) is 24.2 Å². The van der Waals surface area contributed by atoms with E-state index in [0.29, 0.717) is 16.2 Å². The van der Waals surface area contributed by atoms with E-state index in [1.165, 1.54) is 6.92 Å². The van der Waals surface area contributed by atoms with Crippen molar-refractivity contribution in [2.75, 3.05) is 0 Å². The molecule has 0 saturated heterocycles. The summed E-state index contributed by atoms with van der Waals surface area (Å²) in [6, 6.07) is 26.2. The molecule has 5 nitrogen and oxygen atoms in total. The molecule has 3 aromatic rings. The van der Waals surface area contributed by atoms with E-state index in [2.05, 4.69) is 0 Å². The molecule has 3 rings (SSSR count). The van der Waals surface area contributed by atoms with E-state index in [-0.39, 0.29) is 0 Å². The van der Waals surface area contributed by atoms with Gasteiger partial charge in [-0.1, -0.05) is 61.5 Å². The Morgan fingerprint density at radius 1 is 0.794 bits per heavy atom. The molecule has 2 N–H and O–H groups in total. The van der Waals surface area contributed by atoms with Gasteiger partial charge in [-0.05, 0) is 43.3 Å². The first kappa shape index (κ1) is 27.3. The van der Waals surface area contributed by atoms with E-state index in [1.807, 2.05) is 18.2 Å². The van der Waals surface area contributed by atoms with Crippen LogP contribution in [0, 0.1) is 5.92 Å². The van der Waals surface area contributed by atoms with E-state index in [9.17, 15) is 22.5 Å². The zero-order valence-corrected chi connectivity index (χ0v) is 19.5. The molecule has 3 atom stereocenters. The molecule has 0 radical (unpaired) electrons. The summed E-state index contributed by atoms with van der Waals surface area (Å²) < 4.78 is 54.2. The number of alkyl halides is 3. The van der Waals surface area contributed by atoms with Gasteiger partial charge in [0.1, 0.15) is 0 Å². The molecule has 0 aliphatic heterocycles. The molecule has 0 heterocycles. The van der Waals surface area contributed by atoms with Crippen molar-refractivity contribution in [2.24, 2.45) is 5.92 Å². The molecule has 0 bridgehead atoms. The monoisotopic (exact) mass is 494 g/mol. The standard InChI is InChI=1S/C19H15O3P.C6H11F3O2/c20-19(16-10-4-1-5-11-16)22-23(21,17-12-6-2-7-13-17)18-14-8-3-9-15-18;1-3(4(2)10)5(11)6(7,8)9/h1-15H;3-5,10-11H,1-2H3. The fourth-order valence-corrected chi connectivity index (χ4v) is 4.79. The van der Waals surface area contributed by atoms with Crippen LogP contribution in [0.4, 0.5) is 13.2 Å². The first-order valence-corrected chi connectivity index (χ1v) is 12.0. The van der Waals surface area contributed by atoms with Crippen molar-refractivity contribution in [3.8, 4) is 0 Å². The summed E-state index contributed by atoms with van der Waals surface area (Å²) in [5.74, 6) is -1.78. The third-order valence-corrected chi connectivity index (χ3v) is 7.39. The average Bonchev–Trinajstić information content (AvgIpc) is 2.84. The van der Waals surface area contributed by atoms with Crippen LogP contribution in [-0.4, -0.2) is 34.6 Å². The van der Waals surface area contributed by atoms with Crippen LogP contribution in [0.5, 0.6) is 0 Å². The lowest BCUT2D eigenvalue weighted by molar-refractivity contribution is -0.225. The van der Waals surface area contributed by atoms with Gasteiger partial charge >= 0.3 is 19.5 Å². The molecule has 0 amide bonds. The molecule has 0 saturated carbocycles. The maximum atomic E-state index is 13.6. The molecule has 3 aromatic carbocycles. The van der Waals surface area contributed by atoms with Gasteiger partial charge in [0.2, 0.25) is 0 Å². The second kappa shape index (κ2) is 12.0. The number of rotatable bonds is 6. The number of carbonyl (C=O) groups is 1. The van der Waals surface area contributed by atoms with Crippen molar-refractivity contribution in [1.29, 1.82) is 0 Å². The second-order valence-electron chi connectivity index (χ2n) is 7.55. The van der Waals surface area contributed by atoms with Crippen LogP contribution in [0.15, 0.2) is 91.0 Å². The molecule has 9 heteroatoms. The van der Waals surface area contributed by atoms with Crippen LogP contribution >= 0.6 is 7.37 Å². The minimum absolute atomic E-state index is 0.375. The van der Waals surface area contributed by atoms with Crippen molar-refractivity contribution in [3.63, 3.8) is 0 Å². The first-order valence-electron chi connectivity index (χ1n) is 10.4. The van der Waals surface area contributed by atoms with Crippen LogP contribution in [0.3, 0.4) is 0 Å². The first-order chi connectivity index (χ1) is 16.0. The zero-order chi connectivity index (χ0) is 25.4. The summed E-state index contributed by atoms with van der Waals surface area (Å²) in [5, 5.41) is 18.2. The van der Waals surface area contributed by atoms with Gasteiger partial charge in [-0.3, -0.25) is 4.57 Å². The van der Waals surface area contributed by atoms with Crippen LogP contribution in [0.25, 0.3) is 0 Å². The van der Waals surface area contributed by atoms with Crippen molar-refractivity contribution in [1.82, 2.24) is 0 Å². The molecule has 0 aliphatic rings.